The maximum absolute atomic E-state index is 5.70. The van der Waals surface area contributed by atoms with Crippen molar-refractivity contribution in [3.05, 3.63) is 30.1 Å². The van der Waals surface area contributed by atoms with Gasteiger partial charge in [0.15, 0.2) is 5.16 Å². The summed E-state index contributed by atoms with van der Waals surface area (Å²) >= 11 is 1.61. The molecule has 17 heavy (non-hydrogen) atoms. The Morgan fingerprint density at radius 3 is 2.94 bits per heavy atom. The zero-order chi connectivity index (χ0) is 12.3. The standard InChI is InChI=1S/C11H14N4OS/c1-15-7-13-14-11(15)17-6-8-3-4-9(12)5-10(8)16-2/h3-5,7H,6,12H2,1-2H3. The monoisotopic (exact) mass is 250 g/mol. The van der Waals surface area contributed by atoms with Crippen molar-refractivity contribution < 1.29 is 4.74 Å². The van der Waals surface area contributed by atoms with Gasteiger partial charge in [0.25, 0.3) is 0 Å². The third-order valence-corrected chi connectivity index (χ3v) is 3.42. The van der Waals surface area contributed by atoms with Crippen molar-refractivity contribution in [3.8, 4) is 5.75 Å². The minimum atomic E-state index is 0.703. The molecule has 1 heterocycles. The summed E-state index contributed by atoms with van der Waals surface area (Å²) in [6.07, 6.45) is 1.68. The number of nitrogens with two attached hydrogens (primary N) is 1. The fourth-order valence-electron chi connectivity index (χ4n) is 1.43. The van der Waals surface area contributed by atoms with Crippen LogP contribution in [-0.4, -0.2) is 21.9 Å². The first kappa shape index (κ1) is 11.8. The molecule has 2 aromatic rings. The van der Waals surface area contributed by atoms with Crippen molar-refractivity contribution in [2.75, 3.05) is 12.8 Å². The predicted octanol–water partition coefficient (Wildman–Crippen LogP) is 1.70. The van der Waals surface area contributed by atoms with Gasteiger partial charge in [0.05, 0.1) is 7.11 Å². The molecular formula is C11H14N4OS. The number of rotatable bonds is 4. The zero-order valence-electron chi connectivity index (χ0n) is 9.75. The van der Waals surface area contributed by atoms with Crippen molar-refractivity contribution in [1.29, 1.82) is 0 Å². The highest BCUT2D eigenvalue weighted by Gasteiger charge is 2.07. The Kier molecular flexibility index (Phi) is 3.53. The van der Waals surface area contributed by atoms with E-state index in [2.05, 4.69) is 10.2 Å². The van der Waals surface area contributed by atoms with Crippen LogP contribution in [0.1, 0.15) is 5.56 Å². The van der Waals surface area contributed by atoms with Gasteiger partial charge in [0, 0.05) is 30.1 Å². The number of methoxy groups -OCH3 is 1. The first-order valence-electron chi connectivity index (χ1n) is 5.10. The first-order chi connectivity index (χ1) is 8.20. The molecule has 0 atom stereocenters. The van der Waals surface area contributed by atoms with Gasteiger partial charge in [-0.25, -0.2) is 0 Å². The normalized spacial score (nSPS) is 10.5. The van der Waals surface area contributed by atoms with Crippen LogP contribution in [0.25, 0.3) is 0 Å². The van der Waals surface area contributed by atoms with Crippen molar-refractivity contribution in [1.82, 2.24) is 14.8 Å². The average molecular weight is 250 g/mol. The fraction of sp³-hybridized carbons (Fsp3) is 0.273. The molecule has 2 rings (SSSR count). The molecule has 0 radical (unpaired) electrons. The lowest BCUT2D eigenvalue weighted by Gasteiger charge is -2.08. The molecule has 90 valence electrons. The van der Waals surface area contributed by atoms with Crippen LogP contribution in [0.2, 0.25) is 0 Å². The van der Waals surface area contributed by atoms with E-state index < -0.39 is 0 Å². The van der Waals surface area contributed by atoms with E-state index in [1.807, 2.05) is 29.8 Å². The van der Waals surface area contributed by atoms with Gasteiger partial charge in [0.2, 0.25) is 0 Å². The van der Waals surface area contributed by atoms with Gasteiger partial charge < -0.3 is 15.0 Å². The van der Waals surface area contributed by atoms with E-state index >= 15 is 0 Å². The summed E-state index contributed by atoms with van der Waals surface area (Å²) in [5.41, 5.74) is 7.50. The summed E-state index contributed by atoms with van der Waals surface area (Å²) in [5, 5.41) is 8.72. The second kappa shape index (κ2) is 5.09. The third-order valence-electron chi connectivity index (χ3n) is 2.34. The fourth-order valence-corrected chi connectivity index (χ4v) is 2.30. The molecule has 5 nitrogen and oxygen atoms in total. The summed E-state index contributed by atoms with van der Waals surface area (Å²) in [7, 11) is 3.56. The van der Waals surface area contributed by atoms with E-state index in [0.717, 1.165) is 22.2 Å². The summed E-state index contributed by atoms with van der Waals surface area (Å²) < 4.78 is 7.17. The third kappa shape index (κ3) is 2.71. The number of ether oxygens (including phenoxy) is 1. The molecule has 6 heteroatoms. The second-order valence-electron chi connectivity index (χ2n) is 3.58. The molecule has 1 aromatic heterocycles. The SMILES string of the molecule is COc1cc(N)ccc1CSc1nncn1C. The van der Waals surface area contributed by atoms with Crippen molar-refractivity contribution in [2.45, 2.75) is 10.9 Å². The Balaban J connectivity index is 2.11. The van der Waals surface area contributed by atoms with Gasteiger partial charge in [0.1, 0.15) is 12.1 Å². The van der Waals surface area contributed by atoms with Gasteiger partial charge in [-0.15, -0.1) is 10.2 Å². The maximum Gasteiger partial charge on any atom is 0.191 e. The lowest BCUT2D eigenvalue weighted by Crippen LogP contribution is -1.94. The number of anilines is 1. The van der Waals surface area contributed by atoms with Crippen LogP contribution in [0.4, 0.5) is 5.69 Å². The molecule has 0 saturated carbocycles. The van der Waals surface area contributed by atoms with Crippen LogP contribution < -0.4 is 10.5 Å². The van der Waals surface area contributed by atoms with Crippen LogP contribution in [0, 0.1) is 0 Å². The van der Waals surface area contributed by atoms with Crippen LogP contribution in [0.15, 0.2) is 29.7 Å². The average Bonchev–Trinajstić information content (AvgIpc) is 2.73. The highest BCUT2D eigenvalue weighted by Crippen LogP contribution is 2.28. The molecule has 0 amide bonds. The lowest BCUT2D eigenvalue weighted by molar-refractivity contribution is 0.411. The Bertz CT molecular complexity index is 512. The number of aromatic nitrogens is 3. The molecule has 0 spiro atoms. The number of thioether (sulfide) groups is 1. The van der Waals surface area contributed by atoms with Crippen LogP contribution in [0.3, 0.4) is 0 Å². The molecule has 0 unspecified atom stereocenters. The minimum absolute atomic E-state index is 0.703. The number of hydrogen-bond acceptors (Lipinski definition) is 5. The maximum atomic E-state index is 5.70. The van der Waals surface area contributed by atoms with Crippen molar-refractivity contribution in [2.24, 2.45) is 7.05 Å². The van der Waals surface area contributed by atoms with E-state index in [1.165, 1.54) is 0 Å². The van der Waals surface area contributed by atoms with E-state index in [0.29, 0.717) is 5.69 Å². The van der Waals surface area contributed by atoms with Crippen LogP contribution in [0.5, 0.6) is 5.75 Å². The molecule has 0 aliphatic heterocycles. The molecule has 0 fully saturated rings. The number of hydrogen-bond donors (Lipinski definition) is 1. The summed E-state index contributed by atoms with van der Waals surface area (Å²) in [6.45, 7) is 0. The molecule has 2 N–H and O–H groups in total. The number of benzene rings is 1. The minimum Gasteiger partial charge on any atom is -0.496 e. The molecule has 0 bridgehead atoms. The Morgan fingerprint density at radius 2 is 2.29 bits per heavy atom. The van der Waals surface area contributed by atoms with E-state index in [9.17, 15) is 0 Å². The highest BCUT2D eigenvalue weighted by atomic mass is 32.2. The number of aryl methyl sites for hydroxylation is 1. The molecule has 1 aromatic carbocycles. The van der Waals surface area contributed by atoms with Crippen molar-refractivity contribution >= 4 is 17.4 Å². The van der Waals surface area contributed by atoms with Crippen LogP contribution >= 0.6 is 11.8 Å². The van der Waals surface area contributed by atoms with E-state index in [-0.39, 0.29) is 0 Å². The quantitative estimate of drug-likeness (QED) is 0.661. The second-order valence-corrected chi connectivity index (χ2v) is 4.53. The smallest absolute Gasteiger partial charge is 0.191 e. The Labute approximate surface area is 104 Å². The molecule has 0 saturated heterocycles. The van der Waals surface area contributed by atoms with E-state index in [1.54, 1.807) is 25.2 Å². The van der Waals surface area contributed by atoms with Gasteiger partial charge in [-0.2, -0.15) is 0 Å². The summed E-state index contributed by atoms with van der Waals surface area (Å²) in [6, 6.07) is 5.67. The van der Waals surface area contributed by atoms with Crippen LogP contribution in [-0.2, 0) is 12.8 Å². The Morgan fingerprint density at radius 1 is 1.47 bits per heavy atom. The van der Waals surface area contributed by atoms with Crippen molar-refractivity contribution in [3.63, 3.8) is 0 Å². The Hall–Kier alpha value is -1.69. The molecule has 0 aliphatic carbocycles. The molecular weight excluding hydrogens is 236 g/mol. The van der Waals surface area contributed by atoms with Gasteiger partial charge in [-0.3, -0.25) is 0 Å². The van der Waals surface area contributed by atoms with Gasteiger partial charge >= 0.3 is 0 Å². The number of nitrogen functional groups attached to an aromatic ring is 1. The van der Waals surface area contributed by atoms with E-state index in [4.69, 9.17) is 10.5 Å². The summed E-state index contributed by atoms with van der Waals surface area (Å²) in [5.74, 6) is 1.58. The zero-order valence-corrected chi connectivity index (χ0v) is 10.6. The highest BCUT2D eigenvalue weighted by molar-refractivity contribution is 7.98. The predicted molar refractivity (Wildman–Crippen MR) is 68.0 cm³/mol. The molecule has 0 aliphatic rings. The largest absolute Gasteiger partial charge is 0.496 e. The number of nitrogens with zero attached hydrogens (tertiary/aromatic N) is 3. The lowest BCUT2D eigenvalue weighted by atomic mass is 10.2. The summed E-state index contributed by atoms with van der Waals surface area (Å²) in [4.78, 5) is 0. The van der Waals surface area contributed by atoms with Gasteiger partial charge in [-0.05, 0) is 6.07 Å². The van der Waals surface area contributed by atoms with Gasteiger partial charge in [-0.1, -0.05) is 17.8 Å². The first-order valence-corrected chi connectivity index (χ1v) is 6.08. The topological polar surface area (TPSA) is 66.0 Å².